The van der Waals surface area contributed by atoms with Crippen LogP contribution in [0.5, 0.6) is 5.75 Å². The quantitative estimate of drug-likeness (QED) is 0.817. The Morgan fingerprint density at radius 3 is 2.63 bits per heavy atom. The van der Waals surface area contributed by atoms with Crippen LogP contribution in [0.15, 0.2) is 42.5 Å². The fourth-order valence-corrected chi connectivity index (χ4v) is 2.12. The maximum absolute atomic E-state index is 13.6. The summed E-state index contributed by atoms with van der Waals surface area (Å²) in [6.07, 6.45) is 0.618. The first-order chi connectivity index (χ1) is 9.06. The number of benzene rings is 2. The van der Waals surface area contributed by atoms with Crippen LogP contribution in [0.2, 0.25) is 0 Å². The van der Waals surface area contributed by atoms with Gasteiger partial charge >= 0.3 is 0 Å². The summed E-state index contributed by atoms with van der Waals surface area (Å²) in [7, 11) is 0. The van der Waals surface area contributed by atoms with Gasteiger partial charge in [0.15, 0.2) is 0 Å². The van der Waals surface area contributed by atoms with E-state index in [0.29, 0.717) is 12.0 Å². The molecule has 19 heavy (non-hydrogen) atoms. The number of phenols is 1. The van der Waals surface area contributed by atoms with Crippen LogP contribution in [0.3, 0.4) is 0 Å². The predicted octanol–water partition coefficient (Wildman–Crippen LogP) is 3.88. The normalized spacial score (nSPS) is 12.2. The molecule has 0 radical (unpaired) electrons. The number of phenolic OH excluding ortho intramolecular Hbond substituents is 1. The van der Waals surface area contributed by atoms with Crippen LogP contribution in [0.1, 0.15) is 18.1 Å². The number of nitrogens with one attached hydrogen (secondary N) is 1. The van der Waals surface area contributed by atoms with Crippen molar-refractivity contribution in [2.24, 2.45) is 0 Å². The predicted molar refractivity (Wildman–Crippen MR) is 76.0 cm³/mol. The molecule has 0 spiro atoms. The SMILES string of the molecule is Cc1cc(O)ccc1NC(C)Cc1ccccc1F. The van der Waals surface area contributed by atoms with Gasteiger partial charge in [-0.25, -0.2) is 4.39 Å². The highest BCUT2D eigenvalue weighted by Crippen LogP contribution is 2.21. The third kappa shape index (κ3) is 3.47. The van der Waals surface area contributed by atoms with E-state index in [1.54, 1.807) is 24.3 Å². The van der Waals surface area contributed by atoms with Crippen molar-refractivity contribution in [2.75, 3.05) is 5.32 Å². The van der Waals surface area contributed by atoms with Crippen molar-refractivity contribution in [3.8, 4) is 5.75 Å². The maximum atomic E-state index is 13.6. The minimum Gasteiger partial charge on any atom is -0.508 e. The van der Waals surface area contributed by atoms with Gasteiger partial charge in [-0.05, 0) is 55.7 Å². The Hall–Kier alpha value is -2.03. The second-order valence-corrected chi connectivity index (χ2v) is 4.84. The summed E-state index contributed by atoms with van der Waals surface area (Å²) in [5, 5.41) is 12.7. The minimum absolute atomic E-state index is 0.111. The smallest absolute Gasteiger partial charge is 0.126 e. The molecule has 2 nitrogen and oxygen atoms in total. The van der Waals surface area contributed by atoms with Gasteiger partial charge in [-0.2, -0.15) is 0 Å². The average Bonchev–Trinajstić information content (AvgIpc) is 2.36. The first-order valence-corrected chi connectivity index (χ1v) is 6.36. The first-order valence-electron chi connectivity index (χ1n) is 6.36. The fourth-order valence-electron chi connectivity index (χ4n) is 2.12. The lowest BCUT2D eigenvalue weighted by Gasteiger charge is -2.17. The van der Waals surface area contributed by atoms with Gasteiger partial charge in [0, 0.05) is 11.7 Å². The van der Waals surface area contributed by atoms with Crippen LogP contribution in [0, 0.1) is 12.7 Å². The summed E-state index contributed by atoms with van der Waals surface area (Å²) in [5.74, 6) is 0.0865. The van der Waals surface area contributed by atoms with Crippen LogP contribution in [0.25, 0.3) is 0 Å². The molecule has 0 amide bonds. The van der Waals surface area contributed by atoms with Crippen molar-refractivity contribution in [3.05, 3.63) is 59.4 Å². The Morgan fingerprint density at radius 1 is 1.21 bits per heavy atom. The monoisotopic (exact) mass is 259 g/mol. The van der Waals surface area contributed by atoms with Gasteiger partial charge in [-0.15, -0.1) is 0 Å². The van der Waals surface area contributed by atoms with Gasteiger partial charge in [-0.3, -0.25) is 0 Å². The molecule has 2 rings (SSSR count). The average molecular weight is 259 g/mol. The molecular formula is C16H18FNO. The number of rotatable bonds is 4. The van der Waals surface area contributed by atoms with Crippen molar-refractivity contribution >= 4 is 5.69 Å². The second kappa shape index (κ2) is 5.74. The minimum atomic E-state index is -0.168. The maximum Gasteiger partial charge on any atom is 0.126 e. The summed E-state index contributed by atoms with van der Waals surface area (Å²) < 4.78 is 13.6. The van der Waals surface area contributed by atoms with E-state index in [4.69, 9.17) is 0 Å². The van der Waals surface area contributed by atoms with E-state index in [9.17, 15) is 9.50 Å². The second-order valence-electron chi connectivity index (χ2n) is 4.84. The van der Waals surface area contributed by atoms with Crippen molar-refractivity contribution in [2.45, 2.75) is 26.3 Å². The Bertz CT molecular complexity index is 568. The Balaban J connectivity index is 2.05. The molecule has 0 saturated carbocycles. The summed E-state index contributed by atoms with van der Waals surface area (Å²) in [5.41, 5.74) is 2.64. The first kappa shape index (κ1) is 13.4. The highest BCUT2D eigenvalue weighted by Gasteiger charge is 2.08. The number of anilines is 1. The molecule has 2 aromatic rings. The van der Waals surface area contributed by atoms with Crippen LogP contribution in [0.4, 0.5) is 10.1 Å². The molecule has 3 heteroatoms. The number of halogens is 1. The Morgan fingerprint density at radius 2 is 1.95 bits per heavy atom. The third-order valence-corrected chi connectivity index (χ3v) is 3.10. The zero-order chi connectivity index (χ0) is 13.8. The zero-order valence-electron chi connectivity index (χ0n) is 11.2. The summed E-state index contributed by atoms with van der Waals surface area (Å²) in [4.78, 5) is 0. The van der Waals surface area contributed by atoms with Gasteiger partial charge < -0.3 is 10.4 Å². The highest BCUT2D eigenvalue weighted by atomic mass is 19.1. The lowest BCUT2D eigenvalue weighted by Crippen LogP contribution is -2.19. The third-order valence-electron chi connectivity index (χ3n) is 3.10. The largest absolute Gasteiger partial charge is 0.508 e. The molecule has 0 aliphatic carbocycles. The van der Waals surface area contributed by atoms with Crippen LogP contribution in [-0.4, -0.2) is 11.1 Å². The molecule has 0 heterocycles. The molecule has 2 aromatic carbocycles. The van der Waals surface area contributed by atoms with Crippen molar-refractivity contribution in [1.82, 2.24) is 0 Å². The van der Waals surface area contributed by atoms with Crippen LogP contribution in [-0.2, 0) is 6.42 Å². The molecule has 1 atom stereocenters. The number of aryl methyl sites for hydroxylation is 1. The van der Waals surface area contributed by atoms with Crippen molar-refractivity contribution in [1.29, 1.82) is 0 Å². The molecular weight excluding hydrogens is 241 g/mol. The van der Waals surface area contributed by atoms with Crippen LogP contribution < -0.4 is 5.32 Å². The lowest BCUT2D eigenvalue weighted by atomic mass is 10.1. The fraction of sp³-hybridized carbons (Fsp3) is 0.250. The van der Waals surface area contributed by atoms with Gasteiger partial charge in [0.05, 0.1) is 0 Å². The summed E-state index contributed by atoms with van der Waals surface area (Å²) in [6, 6.07) is 12.1. The molecule has 0 aliphatic rings. The topological polar surface area (TPSA) is 32.3 Å². The molecule has 2 N–H and O–H groups in total. The molecule has 100 valence electrons. The molecule has 0 aromatic heterocycles. The molecule has 1 unspecified atom stereocenters. The van der Waals surface area contributed by atoms with E-state index in [1.807, 2.05) is 26.0 Å². The van der Waals surface area contributed by atoms with Gasteiger partial charge in [0.1, 0.15) is 11.6 Å². The van der Waals surface area contributed by atoms with Crippen molar-refractivity contribution < 1.29 is 9.50 Å². The molecule has 0 saturated heterocycles. The number of hydrogen-bond donors (Lipinski definition) is 2. The number of aromatic hydroxyl groups is 1. The van der Waals surface area contributed by atoms with Gasteiger partial charge in [0.25, 0.3) is 0 Å². The van der Waals surface area contributed by atoms with E-state index >= 15 is 0 Å². The highest BCUT2D eigenvalue weighted by molar-refractivity contribution is 5.54. The summed E-state index contributed by atoms with van der Waals surface area (Å²) >= 11 is 0. The van der Waals surface area contributed by atoms with Gasteiger partial charge in [0.2, 0.25) is 0 Å². The van der Waals surface area contributed by atoms with E-state index < -0.39 is 0 Å². The van der Waals surface area contributed by atoms with E-state index in [0.717, 1.165) is 11.3 Å². The molecule has 0 bridgehead atoms. The number of hydrogen-bond acceptors (Lipinski definition) is 2. The van der Waals surface area contributed by atoms with E-state index in [1.165, 1.54) is 6.07 Å². The van der Waals surface area contributed by atoms with Crippen LogP contribution >= 0.6 is 0 Å². The summed E-state index contributed by atoms with van der Waals surface area (Å²) in [6.45, 7) is 3.94. The van der Waals surface area contributed by atoms with Crippen molar-refractivity contribution in [3.63, 3.8) is 0 Å². The van der Waals surface area contributed by atoms with Gasteiger partial charge in [-0.1, -0.05) is 18.2 Å². The van der Waals surface area contributed by atoms with E-state index in [-0.39, 0.29) is 17.6 Å². The van der Waals surface area contributed by atoms with E-state index in [2.05, 4.69) is 5.32 Å². The Kier molecular flexibility index (Phi) is 4.05. The lowest BCUT2D eigenvalue weighted by molar-refractivity contribution is 0.475. The zero-order valence-corrected chi connectivity index (χ0v) is 11.2. The standard InChI is InChI=1S/C16H18FNO/c1-11-9-14(19)7-8-16(11)18-12(2)10-13-5-3-4-6-15(13)17/h3-9,12,18-19H,10H2,1-2H3. The Labute approximate surface area is 112 Å². The molecule has 0 aliphatic heterocycles. The molecule has 0 fully saturated rings.